The summed E-state index contributed by atoms with van der Waals surface area (Å²) in [6, 6.07) is 8.03. The maximum absolute atomic E-state index is 12.3. The minimum Gasteiger partial charge on any atom is -0.492 e. The van der Waals surface area contributed by atoms with Crippen molar-refractivity contribution in [2.45, 2.75) is 13.3 Å². The molecule has 2 aromatic rings. The molecule has 8 heteroatoms. The van der Waals surface area contributed by atoms with Gasteiger partial charge in [0.05, 0.1) is 13.2 Å². The van der Waals surface area contributed by atoms with Gasteiger partial charge in [0.2, 0.25) is 5.91 Å². The summed E-state index contributed by atoms with van der Waals surface area (Å²) in [4.78, 5) is 22.4. The van der Waals surface area contributed by atoms with E-state index in [1.165, 1.54) is 6.21 Å². The summed E-state index contributed by atoms with van der Waals surface area (Å²) in [5.74, 6) is 1.14. The number of hydrogen-bond donors (Lipinski definition) is 2. The Morgan fingerprint density at radius 1 is 1.32 bits per heavy atom. The van der Waals surface area contributed by atoms with E-state index >= 15 is 0 Å². The number of ether oxygens (including phenoxy) is 1. The summed E-state index contributed by atoms with van der Waals surface area (Å²) < 4.78 is 6.20. The van der Waals surface area contributed by atoms with Crippen molar-refractivity contribution >= 4 is 29.1 Å². The van der Waals surface area contributed by atoms with Gasteiger partial charge in [-0.3, -0.25) is 9.78 Å². The molecular formula is C26H36N6O2. The summed E-state index contributed by atoms with van der Waals surface area (Å²) in [5, 5.41) is 11.2. The van der Waals surface area contributed by atoms with E-state index in [-0.39, 0.29) is 11.8 Å². The fraction of sp³-hybridized carbons (Fsp3) is 0.423. The molecule has 1 aromatic carbocycles. The Hall–Kier alpha value is -3.39. The van der Waals surface area contributed by atoms with E-state index in [2.05, 4.69) is 29.4 Å². The van der Waals surface area contributed by atoms with Gasteiger partial charge in [0.15, 0.2) is 0 Å². The lowest BCUT2D eigenvalue weighted by molar-refractivity contribution is -0.130. The predicted octanol–water partition coefficient (Wildman–Crippen LogP) is 3.35. The number of pyridine rings is 1. The Morgan fingerprint density at radius 3 is 2.82 bits per heavy atom. The number of hydrogen-bond acceptors (Lipinski definition) is 7. The molecule has 8 nitrogen and oxygen atoms in total. The van der Waals surface area contributed by atoms with Crippen LogP contribution in [-0.4, -0.2) is 81.3 Å². The molecule has 1 fully saturated rings. The monoisotopic (exact) mass is 464 g/mol. The van der Waals surface area contributed by atoms with Crippen LogP contribution >= 0.6 is 0 Å². The van der Waals surface area contributed by atoms with Crippen molar-refractivity contribution in [2.75, 3.05) is 64.6 Å². The first-order valence-electron chi connectivity index (χ1n) is 11.6. The molecule has 1 unspecified atom stereocenters. The van der Waals surface area contributed by atoms with E-state index in [1.54, 1.807) is 12.4 Å². The molecule has 1 aliphatic rings. The van der Waals surface area contributed by atoms with Gasteiger partial charge in [-0.15, -0.1) is 0 Å². The van der Waals surface area contributed by atoms with Crippen LogP contribution in [0.5, 0.6) is 5.75 Å². The normalized spacial score (nSPS) is 16.0. The summed E-state index contributed by atoms with van der Waals surface area (Å²) in [6.45, 7) is 4.50. The number of amides is 1. The van der Waals surface area contributed by atoms with Gasteiger partial charge in [-0.1, -0.05) is 6.07 Å². The average Bonchev–Trinajstić information content (AvgIpc) is 3.30. The topological polar surface area (TPSA) is 84.8 Å². The van der Waals surface area contributed by atoms with Gasteiger partial charge >= 0.3 is 0 Å². The second-order valence-electron chi connectivity index (χ2n) is 9.01. The minimum atomic E-state index is 0.159. The lowest BCUT2D eigenvalue weighted by atomic mass is 10.1. The number of aromatic nitrogens is 1. The number of carbonyl (C=O) groups excluding carboxylic acids is 1. The Morgan fingerprint density at radius 2 is 2.12 bits per heavy atom. The van der Waals surface area contributed by atoms with Gasteiger partial charge in [-0.05, 0) is 51.2 Å². The van der Waals surface area contributed by atoms with Gasteiger partial charge in [0, 0.05) is 80.4 Å². The van der Waals surface area contributed by atoms with Crippen molar-refractivity contribution in [3.8, 4) is 5.75 Å². The zero-order valence-corrected chi connectivity index (χ0v) is 20.8. The number of benzene rings is 1. The van der Waals surface area contributed by atoms with Crippen LogP contribution in [0.3, 0.4) is 0 Å². The second kappa shape index (κ2) is 11.7. The molecule has 0 radical (unpaired) electrons. The molecule has 34 heavy (non-hydrogen) atoms. The molecule has 1 aliphatic heterocycles. The van der Waals surface area contributed by atoms with Crippen LogP contribution in [0.2, 0.25) is 0 Å². The fourth-order valence-corrected chi connectivity index (χ4v) is 4.11. The quantitative estimate of drug-likeness (QED) is 0.525. The zero-order valence-electron chi connectivity index (χ0n) is 20.8. The van der Waals surface area contributed by atoms with Crippen LogP contribution in [0.25, 0.3) is 5.57 Å². The van der Waals surface area contributed by atoms with Crippen molar-refractivity contribution in [3.63, 3.8) is 0 Å². The number of rotatable bonds is 10. The smallest absolute Gasteiger partial charge is 0.236 e. The highest BCUT2D eigenvalue weighted by molar-refractivity contribution is 6.09. The molecule has 2 N–H and O–H groups in total. The van der Waals surface area contributed by atoms with Gasteiger partial charge < -0.3 is 30.2 Å². The minimum absolute atomic E-state index is 0.159. The van der Waals surface area contributed by atoms with Crippen LogP contribution in [-0.2, 0) is 4.79 Å². The molecular weight excluding hydrogens is 428 g/mol. The number of anilines is 2. The van der Waals surface area contributed by atoms with Crippen molar-refractivity contribution in [1.82, 2.24) is 14.8 Å². The summed E-state index contributed by atoms with van der Waals surface area (Å²) >= 11 is 0. The molecule has 1 atom stereocenters. The third kappa shape index (κ3) is 6.35. The predicted molar refractivity (Wildman–Crippen MR) is 139 cm³/mol. The number of allylic oxidation sites excluding steroid dienone is 1. The summed E-state index contributed by atoms with van der Waals surface area (Å²) in [6.07, 6.45) is 7.62. The van der Waals surface area contributed by atoms with Gasteiger partial charge in [0.25, 0.3) is 0 Å². The van der Waals surface area contributed by atoms with Gasteiger partial charge in [-0.2, -0.15) is 0 Å². The van der Waals surface area contributed by atoms with Crippen LogP contribution in [0.15, 0.2) is 42.9 Å². The van der Waals surface area contributed by atoms with E-state index in [1.807, 2.05) is 61.2 Å². The third-order valence-electron chi connectivity index (χ3n) is 6.02. The average molecular weight is 465 g/mol. The number of nitrogens with one attached hydrogen (secondary N) is 2. The lowest BCUT2D eigenvalue weighted by Gasteiger charge is -2.21. The first-order valence-corrected chi connectivity index (χ1v) is 11.6. The number of nitrogens with zero attached hydrogens (tertiary/aromatic N) is 4. The molecule has 0 spiro atoms. The van der Waals surface area contributed by atoms with E-state index in [4.69, 9.17) is 10.1 Å². The van der Waals surface area contributed by atoms with Crippen molar-refractivity contribution in [3.05, 3.63) is 54.0 Å². The van der Waals surface area contributed by atoms with Crippen LogP contribution in [0.4, 0.5) is 11.4 Å². The molecule has 0 bridgehead atoms. The SMILES string of the molecule is CNc1ccc(C)c(N(C)/C=C(\C=N)c2cnccc2OCC2CCN(C(=O)CN(C)C)C2)c1. The van der Waals surface area contributed by atoms with Gasteiger partial charge in [0.1, 0.15) is 5.75 Å². The number of aryl methyl sites for hydroxylation is 1. The van der Waals surface area contributed by atoms with Crippen LogP contribution in [0, 0.1) is 18.3 Å². The molecule has 0 saturated carbocycles. The fourth-order valence-electron chi connectivity index (χ4n) is 4.11. The van der Waals surface area contributed by atoms with E-state index in [9.17, 15) is 4.79 Å². The standard InChI is InChI=1S/C26H36N6O2/c1-19-6-7-22(28-2)12-24(19)31(5)16-21(13-27)23-14-29-10-8-25(23)34-18-20-9-11-32(15-20)26(33)17-30(3)4/h6-8,10,12-14,16,20,27-28H,9,11,15,17-18H2,1-5H3/b21-16+,27-13?. The molecule has 1 amide bonds. The summed E-state index contributed by atoms with van der Waals surface area (Å²) in [5.41, 5.74) is 4.68. The van der Waals surface area contributed by atoms with Crippen LogP contribution < -0.4 is 15.0 Å². The Labute approximate surface area is 202 Å². The zero-order chi connectivity index (χ0) is 24.7. The molecule has 1 aromatic heterocycles. The maximum Gasteiger partial charge on any atom is 0.236 e. The summed E-state index contributed by atoms with van der Waals surface area (Å²) in [7, 11) is 7.68. The number of carbonyl (C=O) groups is 1. The molecule has 2 heterocycles. The molecule has 1 saturated heterocycles. The van der Waals surface area contributed by atoms with Crippen molar-refractivity contribution in [2.24, 2.45) is 5.92 Å². The molecule has 182 valence electrons. The largest absolute Gasteiger partial charge is 0.492 e. The first-order chi connectivity index (χ1) is 16.3. The van der Waals surface area contributed by atoms with E-state index in [0.717, 1.165) is 35.5 Å². The molecule has 0 aliphatic carbocycles. The van der Waals surface area contributed by atoms with E-state index < -0.39 is 0 Å². The number of likely N-dealkylation sites (tertiary alicyclic amines) is 1. The molecule has 3 rings (SSSR count). The highest BCUT2D eigenvalue weighted by Gasteiger charge is 2.27. The van der Waals surface area contributed by atoms with Crippen molar-refractivity contribution < 1.29 is 9.53 Å². The van der Waals surface area contributed by atoms with Gasteiger partial charge in [-0.25, -0.2) is 0 Å². The van der Waals surface area contributed by atoms with Crippen LogP contribution in [0.1, 0.15) is 17.5 Å². The van der Waals surface area contributed by atoms with Crippen molar-refractivity contribution in [1.29, 1.82) is 5.41 Å². The maximum atomic E-state index is 12.3. The Balaban J connectivity index is 1.72. The third-order valence-corrected chi connectivity index (χ3v) is 6.02. The Kier molecular flexibility index (Phi) is 8.65. The van der Waals surface area contributed by atoms with E-state index in [0.29, 0.717) is 31.0 Å². The highest BCUT2D eigenvalue weighted by atomic mass is 16.5. The first kappa shape index (κ1) is 25.2. The number of likely N-dealkylation sites (N-methyl/N-ethyl adjacent to an activating group) is 1. The highest BCUT2D eigenvalue weighted by Crippen LogP contribution is 2.29. The second-order valence-corrected chi connectivity index (χ2v) is 9.01. The lowest BCUT2D eigenvalue weighted by Crippen LogP contribution is -2.36. The Bertz CT molecular complexity index is 1040.